The fraction of sp³-hybridized carbons (Fsp3) is 0.286. The summed E-state index contributed by atoms with van der Waals surface area (Å²) in [5.74, 6) is 0.865. The number of halogens is 1. The third kappa shape index (κ3) is 3.13. The predicted molar refractivity (Wildman–Crippen MR) is 80.3 cm³/mol. The molecule has 2 N–H and O–H groups in total. The molecule has 0 aliphatic carbocycles. The van der Waals surface area contributed by atoms with Gasteiger partial charge in [0.1, 0.15) is 5.75 Å². The molecule has 96 valence electrons. The minimum atomic E-state index is -0.124. The molecule has 2 rings (SSSR count). The van der Waals surface area contributed by atoms with Gasteiger partial charge in [-0.05, 0) is 58.4 Å². The van der Waals surface area contributed by atoms with Crippen molar-refractivity contribution in [2.75, 3.05) is 0 Å². The molecule has 2 nitrogen and oxygen atoms in total. The Bertz CT molecular complexity index is 524. The zero-order valence-corrected chi connectivity index (χ0v) is 12.8. The molecule has 4 heteroatoms. The number of rotatable bonds is 4. The van der Waals surface area contributed by atoms with E-state index in [2.05, 4.69) is 21.3 Å². The van der Waals surface area contributed by atoms with Gasteiger partial charge in [0, 0.05) is 9.85 Å². The molecule has 0 aliphatic heterocycles. The molecular formula is C14H16BrNOS. The molecule has 1 aromatic carbocycles. The fourth-order valence-corrected chi connectivity index (χ4v) is 3.33. The summed E-state index contributed by atoms with van der Waals surface area (Å²) in [4.78, 5) is 0. The molecule has 0 aliphatic rings. The molecule has 0 spiro atoms. The van der Waals surface area contributed by atoms with Gasteiger partial charge in [-0.3, -0.25) is 0 Å². The van der Waals surface area contributed by atoms with Crippen LogP contribution in [-0.4, -0.2) is 6.10 Å². The van der Waals surface area contributed by atoms with Gasteiger partial charge in [0.15, 0.2) is 0 Å². The first-order valence-electron chi connectivity index (χ1n) is 5.81. The highest BCUT2D eigenvalue weighted by atomic mass is 79.9. The Morgan fingerprint density at radius 3 is 2.67 bits per heavy atom. The van der Waals surface area contributed by atoms with Crippen LogP contribution in [0.15, 0.2) is 39.5 Å². The van der Waals surface area contributed by atoms with E-state index in [1.54, 1.807) is 11.3 Å². The Labute approximate surface area is 120 Å². The van der Waals surface area contributed by atoms with E-state index >= 15 is 0 Å². The largest absolute Gasteiger partial charge is 0.491 e. The Kier molecular flexibility index (Phi) is 4.43. The van der Waals surface area contributed by atoms with Crippen LogP contribution < -0.4 is 10.5 Å². The molecule has 1 aromatic heterocycles. The normalized spacial score (nSPS) is 12.7. The van der Waals surface area contributed by atoms with Crippen molar-refractivity contribution in [1.29, 1.82) is 0 Å². The Morgan fingerprint density at radius 2 is 2.06 bits per heavy atom. The van der Waals surface area contributed by atoms with Crippen molar-refractivity contribution in [3.8, 4) is 5.75 Å². The average Bonchev–Trinajstić information content (AvgIpc) is 2.74. The minimum Gasteiger partial charge on any atom is -0.491 e. The van der Waals surface area contributed by atoms with Crippen molar-refractivity contribution in [3.05, 3.63) is 50.6 Å². The van der Waals surface area contributed by atoms with Crippen LogP contribution in [0.1, 0.15) is 31.0 Å². The maximum Gasteiger partial charge on any atom is 0.120 e. The zero-order chi connectivity index (χ0) is 13.1. The molecule has 0 bridgehead atoms. The summed E-state index contributed by atoms with van der Waals surface area (Å²) in [7, 11) is 0. The van der Waals surface area contributed by atoms with Crippen molar-refractivity contribution < 1.29 is 4.74 Å². The zero-order valence-electron chi connectivity index (χ0n) is 10.4. The highest BCUT2D eigenvalue weighted by Crippen LogP contribution is 2.31. The van der Waals surface area contributed by atoms with Crippen molar-refractivity contribution in [2.45, 2.75) is 26.0 Å². The van der Waals surface area contributed by atoms with E-state index in [0.29, 0.717) is 0 Å². The molecule has 0 saturated carbocycles. The molecule has 1 atom stereocenters. The second kappa shape index (κ2) is 5.87. The second-order valence-electron chi connectivity index (χ2n) is 4.39. The van der Waals surface area contributed by atoms with Crippen LogP contribution in [0.4, 0.5) is 0 Å². The van der Waals surface area contributed by atoms with Gasteiger partial charge >= 0.3 is 0 Å². The molecule has 0 saturated heterocycles. The van der Waals surface area contributed by atoms with Crippen LogP contribution in [0.2, 0.25) is 0 Å². The summed E-state index contributed by atoms with van der Waals surface area (Å²) in [5, 5.41) is 4.12. The molecule has 18 heavy (non-hydrogen) atoms. The summed E-state index contributed by atoms with van der Waals surface area (Å²) in [6, 6.07) is 7.85. The molecule has 0 amide bonds. The Hall–Kier alpha value is -0.840. The van der Waals surface area contributed by atoms with Crippen LogP contribution in [0.25, 0.3) is 0 Å². The van der Waals surface area contributed by atoms with E-state index in [9.17, 15) is 0 Å². The summed E-state index contributed by atoms with van der Waals surface area (Å²) in [5.41, 5.74) is 8.46. The third-order valence-electron chi connectivity index (χ3n) is 2.57. The quantitative estimate of drug-likeness (QED) is 0.907. The molecule has 2 aromatic rings. The van der Waals surface area contributed by atoms with Crippen LogP contribution in [0.3, 0.4) is 0 Å². The van der Waals surface area contributed by atoms with Gasteiger partial charge in [0.05, 0.1) is 12.1 Å². The number of thiophene rings is 1. The molecular weight excluding hydrogens is 310 g/mol. The first-order chi connectivity index (χ1) is 8.58. The van der Waals surface area contributed by atoms with Gasteiger partial charge in [0.2, 0.25) is 0 Å². The number of ether oxygens (including phenoxy) is 1. The fourth-order valence-electron chi connectivity index (χ4n) is 1.75. The Balaban J connectivity index is 2.25. The highest BCUT2D eigenvalue weighted by Gasteiger charge is 2.13. The summed E-state index contributed by atoms with van der Waals surface area (Å²) in [6.45, 7) is 4.03. The van der Waals surface area contributed by atoms with Crippen LogP contribution in [0, 0.1) is 0 Å². The minimum absolute atomic E-state index is 0.124. The smallest absolute Gasteiger partial charge is 0.120 e. The lowest BCUT2D eigenvalue weighted by molar-refractivity contribution is 0.242. The summed E-state index contributed by atoms with van der Waals surface area (Å²) < 4.78 is 6.75. The summed E-state index contributed by atoms with van der Waals surface area (Å²) in [6.07, 6.45) is 0.171. The van der Waals surface area contributed by atoms with E-state index in [1.807, 2.05) is 43.5 Å². The number of hydrogen-bond donors (Lipinski definition) is 1. The number of nitrogens with two attached hydrogens (primary N) is 1. The van der Waals surface area contributed by atoms with E-state index in [0.717, 1.165) is 21.3 Å². The molecule has 1 unspecified atom stereocenters. The van der Waals surface area contributed by atoms with Gasteiger partial charge in [-0.2, -0.15) is 11.3 Å². The van der Waals surface area contributed by atoms with Crippen LogP contribution in [0.5, 0.6) is 5.75 Å². The standard InChI is InChI=1S/C14H16BrNOS/c1-9(2)17-11-5-3-4-10(6-11)14(16)12-7-18-8-13(12)15/h3-9,14H,16H2,1-2H3. The van der Waals surface area contributed by atoms with Crippen molar-refractivity contribution in [3.63, 3.8) is 0 Å². The molecule has 1 heterocycles. The number of hydrogen-bond acceptors (Lipinski definition) is 3. The lowest BCUT2D eigenvalue weighted by Crippen LogP contribution is -2.12. The molecule has 0 radical (unpaired) electrons. The maximum atomic E-state index is 6.28. The van der Waals surface area contributed by atoms with Crippen molar-refractivity contribution in [1.82, 2.24) is 0 Å². The van der Waals surface area contributed by atoms with E-state index in [4.69, 9.17) is 10.5 Å². The third-order valence-corrected chi connectivity index (χ3v) is 4.32. The van der Waals surface area contributed by atoms with Gasteiger partial charge in [-0.15, -0.1) is 0 Å². The van der Waals surface area contributed by atoms with Crippen LogP contribution >= 0.6 is 27.3 Å². The van der Waals surface area contributed by atoms with Gasteiger partial charge in [-0.1, -0.05) is 12.1 Å². The monoisotopic (exact) mass is 325 g/mol. The highest BCUT2D eigenvalue weighted by molar-refractivity contribution is 9.10. The number of benzene rings is 1. The molecule has 0 fully saturated rings. The van der Waals surface area contributed by atoms with E-state index in [-0.39, 0.29) is 12.1 Å². The maximum absolute atomic E-state index is 6.28. The SMILES string of the molecule is CC(C)Oc1cccc(C(N)c2cscc2Br)c1. The topological polar surface area (TPSA) is 35.2 Å². The first kappa shape index (κ1) is 13.6. The van der Waals surface area contributed by atoms with Gasteiger partial charge in [-0.25, -0.2) is 0 Å². The lowest BCUT2D eigenvalue weighted by atomic mass is 10.0. The van der Waals surface area contributed by atoms with Gasteiger partial charge in [0.25, 0.3) is 0 Å². The van der Waals surface area contributed by atoms with Crippen molar-refractivity contribution in [2.24, 2.45) is 5.73 Å². The summed E-state index contributed by atoms with van der Waals surface area (Å²) >= 11 is 5.17. The first-order valence-corrected chi connectivity index (χ1v) is 7.55. The van der Waals surface area contributed by atoms with Gasteiger partial charge < -0.3 is 10.5 Å². The predicted octanol–water partition coefficient (Wildman–Crippen LogP) is 4.35. The van der Waals surface area contributed by atoms with E-state index in [1.165, 1.54) is 0 Å². The average molecular weight is 326 g/mol. The van der Waals surface area contributed by atoms with Crippen molar-refractivity contribution >= 4 is 27.3 Å². The lowest BCUT2D eigenvalue weighted by Gasteiger charge is -2.15. The van der Waals surface area contributed by atoms with Crippen LogP contribution in [-0.2, 0) is 0 Å². The Morgan fingerprint density at radius 1 is 1.28 bits per heavy atom. The van der Waals surface area contributed by atoms with E-state index < -0.39 is 0 Å². The second-order valence-corrected chi connectivity index (χ2v) is 5.99.